The molecule has 1 saturated heterocycles. The van der Waals surface area contributed by atoms with E-state index in [1.807, 2.05) is 0 Å². The summed E-state index contributed by atoms with van der Waals surface area (Å²) in [6, 6.07) is 19.7. The molecule has 3 heterocycles. The van der Waals surface area contributed by atoms with Gasteiger partial charge >= 0.3 is 10.8 Å². The van der Waals surface area contributed by atoms with Crippen LogP contribution in [-0.2, 0) is 19.1 Å². The number of hydrogen-bond acceptors (Lipinski definition) is 9. The Morgan fingerprint density at radius 2 is 1.66 bits per heavy atom. The summed E-state index contributed by atoms with van der Waals surface area (Å²) in [5, 5.41) is 3.09. The number of nitrogens with zero attached hydrogens (tertiary/aromatic N) is 1. The number of hydrogen-bond donors (Lipinski definition) is 2. The van der Waals surface area contributed by atoms with Crippen LogP contribution >= 0.6 is 34.7 Å². The third kappa shape index (κ3) is 5.75. The molecule has 10 nitrogen and oxygen atoms in total. The molecule has 0 aliphatic carbocycles. The second-order valence-corrected chi connectivity index (χ2v) is 12.5. The Morgan fingerprint density at radius 3 is 2.34 bits per heavy atom. The van der Waals surface area contributed by atoms with Gasteiger partial charge in [0.25, 0.3) is 5.91 Å². The molecule has 0 bridgehead atoms. The van der Waals surface area contributed by atoms with Gasteiger partial charge in [-0.3, -0.25) is 19.2 Å². The van der Waals surface area contributed by atoms with Gasteiger partial charge in [0.2, 0.25) is 11.8 Å². The van der Waals surface area contributed by atoms with Gasteiger partial charge in [-0.15, -0.1) is 0 Å². The number of carbonyl (C=O) groups excluding carboxylic acids is 4. The standard InChI is InChI=1S/C31H24ClN3O7S2/c1-2-41-30(39)17-3-11-20(12-4-17)35-28(37)24-23(25-27(34-31(40)44-25)43-26(24)29(35)38)16-5-13-21(14-6-16)42-15-22(36)33-19-9-7-18(32)8-10-19/h3-14,23-24,26H,2,15H2,1H3,(H,33,36)(H,34,40)/t23-,24?,26?/m1/s1. The molecule has 3 atom stereocenters. The van der Waals surface area contributed by atoms with Crippen molar-refractivity contribution in [2.24, 2.45) is 5.92 Å². The van der Waals surface area contributed by atoms with Crippen molar-refractivity contribution < 1.29 is 28.7 Å². The molecule has 13 heteroatoms. The molecule has 1 fully saturated rings. The number of anilines is 2. The molecular weight excluding hydrogens is 626 g/mol. The zero-order chi connectivity index (χ0) is 31.0. The van der Waals surface area contributed by atoms with Gasteiger partial charge in [-0.1, -0.05) is 46.8 Å². The largest absolute Gasteiger partial charge is 0.484 e. The number of aromatic nitrogens is 1. The predicted octanol–water partition coefficient (Wildman–Crippen LogP) is 5.08. The first-order valence-electron chi connectivity index (χ1n) is 13.6. The lowest BCUT2D eigenvalue weighted by Gasteiger charge is -2.29. The summed E-state index contributed by atoms with van der Waals surface area (Å²) in [7, 11) is 0. The molecule has 2 aliphatic heterocycles. The molecule has 44 heavy (non-hydrogen) atoms. The fraction of sp³-hybridized carbons (Fsp3) is 0.194. The Hall–Kier alpha value is -4.39. The molecule has 3 amide bonds. The number of H-pyrrole nitrogens is 1. The van der Waals surface area contributed by atoms with E-state index >= 15 is 0 Å². The molecule has 0 saturated carbocycles. The number of esters is 1. The van der Waals surface area contributed by atoms with E-state index in [-0.39, 0.29) is 24.0 Å². The summed E-state index contributed by atoms with van der Waals surface area (Å²) in [6.45, 7) is 1.71. The van der Waals surface area contributed by atoms with E-state index in [0.29, 0.717) is 37.6 Å². The first kappa shape index (κ1) is 29.7. The highest BCUT2D eigenvalue weighted by Gasteiger charge is 2.56. The quantitative estimate of drug-likeness (QED) is 0.199. The Kier molecular flexibility index (Phi) is 8.30. The summed E-state index contributed by atoms with van der Waals surface area (Å²) < 4.78 is 10.7. The van der Waals surface area contributed by atoms with Crippen LogP contribution in [0.2, 0.25) is 5.02 Å². The number of rotatable bonds is 8. The zero-order valence-corrected chi connectivity index (χ0v) is 25.5. The highest BCUT2D eigenvalue weighted by molar-refractivity contribution is 8.00. The minimum Gasteiger partial charge on any atom is -0.484 e. The maximum atomic E-state index is 13.9. The molecule has 0 spiro atoms. The van der Waals surface area contributed by atoms with Gasteiger partial charge in [-0.05, 0) is 73.2 Å². The SMILES string of the molecule is CCOC(=O)c1ccc(N2C(=O)C3Sc4[nH]c(=O)sc4[C@H](c4ccc(OCC(=O)Nc5ccc(Cl)cc5)cc4)C3C2=O)cc1. The number of thiazole rings is 1. The van der Waals surface area contributed by atoms with Crippen LogP contribution in [0, 0.1) is 5.92 Å². The van der Waals surface area contributed by atoms with Crippen LogP contribution in [0.15, 0.2) is 82.6 Å². The Bertz CT molecular complexity index is 1800. The van der Waals surface area contributed by atoms with E-state index in [0.717, 1.165) is 21.8 Å². The minimum atomic E-state index is -0.770. The molecule has 1 aromatic heterocycles. The lowest BCUT2D eigenvalue weighted by Crippen LogP contribution is -2.32. The highest BCUT2D eigenvalue weighted by Crippen LogP contribution is 2.53. The van der Waals surface area contributed by atoms with E-state index in [2.05, 4.69) is 10.3 Å². The van der Waals surface area contributed by atoms with Gasteiger partial charge in [-0.25, -0.2) is 9.69 Å². The van der Waals surface area contributed by atoms with Crippen molar-refractivity contribution >= 4 is 69.8 Å². The summed E-state index contributed by atoms with van der Waals surface area (Å²) in [5.41, 5.74) is 1.96. The van der Waals surface area contributed by atoms with E-state index in [9.17, 15) is 24.0 Å². The Balaban J connectivity index is 1.22. The lowest BCUT2D eigenvalue weighted by molar-refractivity contribution is -0.122. The topological polar surface area (TPSA) is 135 Å². The number of benzene rings is 3. The van der Waals surface area contributed by atoms with Crippen molar-refractivity contribution in [2.75, 3.05) is 23.4 Å². The number of aromatic amines is 1. The van der Waals surface area contributed by atoms with Crippen LogP contribution in [0.3, 0.4) is 0 Å². The van der Waals surface area contributed by atoms with Gasteiger partial charge in [0.1, 0.15) is 11.0 Å². The molecule has 2 N–H and O–H groups in total. The summed E-state index contributed by atoms with van der Waals surface area (Å²) in [5.74, 6) is -2.55. The molecule has 4 aromatic rings. The van der Waals surface area contributed by atoms with Gasteiger partial charge < -0.3 is 19.8 Å². The van der Waals surface area contributed by atoms with Crippen molar-refractivity contribution in [2.45, 2.75) is 23.1 Å². The third-order valence-electron chi connectivity index (χ3n) is 7.20. The van der Waals surface area contributed by atoms with E-state index in [4.69, 9.17) is 21.1 Å². The highest BCUT2D eigenvalue weighted by atomic mass is 35.5. The second kappa shape index (κ2) is 12.3. The van der Waals surface area contributed by atoms with Gasteiger partial charge in [0, 0.05) is 21.5 Å². The van der Waals surface area contributed by atoms with E-state index in [1.54, 1.807) is 67.6 Å². The maximum absolute atomic E-state index is 13.9. The van der Waals surface area contributed by atoms with E-state index in [1.165, 1.54) is 23.9 Å². The van der Waals surface area contributed by atoms with E-state index < -0.39 is 34.9 Å². The van der Waals surface area contributed by atoms with Gasteiger partial charge in [0.15, 0.2) is 6.61 Å². The first-order chi connectivity index (χ1) is 21.2. The smallest absolute Gasteiger partial charge is 0.338 e. The minimum absolute atomic E-state index is 0.227. The molecule has 2 aliphatic rings. The number of thioether (sulfide) groups is 1. The van der Waals surface area contributed by atoms with Gasteiger partial charge in [0.05, 0.1) is 28.8 Å². The van der Waals surface area contributed by atoms with Crippen LogP contribution in [0.25, 0.3) is 0 Å². The van der Waals surface area contributed by atoms with Crippen molar-refractivity contribution in [1.29, 1.82) is 0 Å². The Labute approximate surface area is 264 Å². The average Bonchev–Trinajstić information content (AvgIpc) is 3.51. The van der Waals surface area contributed by atoms with Crippen LogP contribution in [0.4, 0.5) is 11.4 Å². The van der Waals surface area contributed by atoms with Crippen LogP contribution < -0.4 is 19.8 Å². The number of carbonyl (C=O) groups is 4. The molecule has 224 valence electrons. The predicted molar refractivity (Wildman–Crippen MR) is 167 cm³/mol. The number of nitrogens with one attached hydrogen (secondary N) is 2. The molecule has 6 rings (SSSR count). The first-order valence-corrected chi connectivity index (χ1v) is 15.6. The summed E-state index contributed by atoms with van der Waals surface area (Å²) >= 11 is 8.08. The van der Waals surface area contributed by atoms with Crippen molar-refractivity contribution in [3.63, 3.8) is 0 Å². The Morgan fingerprint density at radius 1 is 0.955 bits per heavy atom. The number of halogens is 1. The van der Waals surface area contributed by atoms with Crippen LogP contribution in [0.1, 0.15) is 33.6 Å². The molecule has 0 radical (unpaired) electrons. The van der Waals surface area contributed by atoms with Gasteiger partial charge in [-0.2, -0.15) is 0 Å². The number of amides is 3. The monoisotopic (exact) mass is 649 g/mol. The zero-order valence-electron chi connectivity index (χ0n) is 23.1. The second-order valence-electron chi connectivity index (χ2n) is 9.94. The maximum Gasteiger partial charge on any atom is 0.338 e. The molecule has 3 aromatic carbocycles. The summed E-state index contributed by atoms with van der Waals surface area (Å²) in [6.07, 6.45) is 0. The normalized spacial score (nSPS) is 18.9. The fourth-order valence-corrected chi connectivity index (χ4v) is 7.88. The lowest BCUT2D eigenvalue weighted by atomic mass is 9.83. The summed E-state index contributed by atoms with van der Waals surface area (Å²) in [4.78, 5) is 68.7. The van der Waals surface area contributed by atoms with Crippen molar-refractivity contribution in [3.8, 4) is 5.75 Å². The van der Waals surface area contributed by atoms with Crippen molar-refractivity contribution in [1.82, 2.24) is 4.98 Å². The van der Waals surface area contributed by atoms with Crippen LogP contribution in [-0.4, -0.2) is 47.1 Å². The molecular formula is C31H24ClN3O7S2. The number of fused-ring (bicyclic) bond motifs is 2. The van der Waals surface area contributed by atoms with Crippen LogP contribution in [0.5, 0.6) is 5.75 Å². The molecule has 2 unspecified atom stereocenters. The fourth-order valence-electron chi connectivity index (χ4n) is 5.24. The number of ether oxygens (including phenoxy) is 2. The van der Waals surface area contributed by atoms with Crippen molar-refractivity contribution in [3.05, 3.63) is 103 Å². The number of imide groups is 1. The average molecular weight is 650 g/mol. The third-order valence-corrected chi connectivity index (χ3v) is 9.85.